The van der Waals surface area contributed by atoms with Gasteiger partial charge in [-0.15, -0.1) is 0 Å². The minimum atomic E-state index is -1.16. The van der Waals surface area contributed by atoms with Gasteiger partial charge in [0, 0.05) is 28.9 Å². The molecule has 0 saturated heterocycles. The lowest BCUT2D eigenvalue weighted by molar-refractivity contribution is -0.145. The van der Waals surface area contributed by atoms with E-state index in [1.165, 1.54) is 19.4 Å². The highest BCUT2D eigenvalue weighted by Crippen LogP contribution is 2.54. The van der Waals surface area contributed by atoms with E-state index in [0.717, 1.165) is 0 Å². The Kier molecular flexibility index (Phi) is 5.28. The highest BCUT2D eigenvalue weighted by Gasteiger charge is 2.54. The predicted molar refractivity (Wildman–Crippen MR) is 108 cm³/mol. The normalized spacial score (nSPS) is 23.3. The number of anilines is 1. The number of nitrogens with zero attached hydrogens (tertiary/aromatic N) is 3. The zero-order valence-electron chi connectivity index (χ0n) is 17.1. The van der Waals surface area contributed by atoms with Crippen LogP contribution in [0.3, 0.4) is 0 Å². The van der Waals surface area contributed by atoms with Gasteiger partial charge in [-0.05, 0) is 38.5 Å². The summed E-state index contributed by atoms with van der Waals surface area (Å²) >= 11 is 0. The van der Waals surface area contributed by atoms with Crippen LogP contribution in [-0.4, -0.2) is 33.8 Å². The van der Waals surface area contributed by atoms with Gasteiger partial charge in [0.2, 0.25) is 5.88 Å². The molecule has 1 aliphatic heterocycles. The Balaban J connectivity index is 2.42. The lowest BCUT2D eigenvalue weighted by atomic mass is 9.63. The second-order valence-corrected chi connectivity index (χ2v) is 7.67. The third-order valence-electron chi connectivity index (χ3n) is 6.03. The van der Waals surface area contributed by atoms with E-state index in [4.69, 9.17) is 4.74 Å². The first-order valence-electron chi connectivity index (χ1n) is 9.36. The molecule has 1 aliphatic rings. The fraction of sp³-hybridized carbons (Fsp3) is 0.364. The third-order valence-corrected chi connectivity index (χ3v) is 6.03. The number of rotatable bonds is 4. The largest absolute Gasteiger partial charge is 0.496 e. The van der Waals surface area contributed by atoms with E-state index in [1.807, 2.05) is 6.07 Å². The Bertz CT molecular complexity index is 1100. The van der Waals surface area contributed by atoms with Crippen LogP contribution < -0.4 is 10.1 Å². The van der Waals surface area contributed by atoms with E-state index < -0.39 is 29.3 Å². The fourth-order valence-corrected chi connectivity index (χ4v) is 4.22. The molecule has 0 aliphatic carbocycles. The maximum Gasteiger partial charge on any atom is 0.309 e. The molecule has 3 N–H and O–H groups in total. The molecule has 0 radical (unpaired) electrons. The summed E-state index contributed by atoms with van der Waals surface area (Å²) < 4.78 is 5.48. The van der Waals surface area contributed by atoms with Crippen molar-refractivity contribution in [2.75, 3.05) is 12.4 Å². The fourth-order valence-electron chi connectivity index (χ4n) is 4.22. The number of pyridine rings is 1. The van der Waals surface area contributed by atoms with E-state index in [1.54, 1.807) is 32.9 Å². The summed E-state index contributed by atoms with van der Waals surface area (Å²) in [7, 11) is 1.43. The molecule has 0 saturated carbocycles. The molecule has 1 aromatic heterocycles. The molecule has 0 bridgehead atoms. The maximum atomic E-state index is 12.6. The van der Waals surface area contributed by atoms with Gasteiger partial charge < -0.3 is 20.3 Å². The standard InChI is InChI=1S/C22H22N4O4/c1-11-10-25-20(27)17-16(14-6-5-13(9-24)7-15(14)30-4)18(21(28)29)22(3,12(2)8-23)26-19(11)17/h5-7,10,12,16,18,26H,1-4H3,(H,25,27)(H,28,29). The van der Waals surface area contributed by atoms with E-state index in [9.17, 15) is 25.5 Å². The van der Waals surface area contributed by atoms with Gasteiger partial charge in [0.25, 0.3) is 0 Å². The van der Waals surface area contributed by atoms with Crippen LogP contribution in [0.4, 0.5) is 5.69 Å². The number of aromatic hydroxyl groups is 1. The lowest BCUT2D eigenvalue weighted by Gasteiger charge is -2.48. The number of fused-ring (bicyclic) bond motifs is 1. The average Bonchev–Trinajstić information content (AvgIpc) is 2.74. The number of nitrogens with one attached hydrogen (secondary N) is 1. The van der Waals surface area contributed by atoms with Crippen molar-refractivity contribution in [3.05, 3.63) is 46.6 Å². The van der Waals surface area contributed by atoms with Crippen molar-refractivity contribution >= 4 is 11.7 Å². The Morgan fingerprint density at radius 1 is 1.40 bits per heavy atom. The molecule has 8 heteroatoms. The molecule has 2 aromatic rings. The van der Waals surface area contributed by atoms with Crippen molar-refractivity contribution in [2.45, 2.75) is 32.2 Å². The second-order valence-electron chi connectivity index (χ2n) is 7.67. The van der Waals surface area contributed by atoms with Crippen LogP contribution in [0.15, 0.2) is 24.4 Å². The van der Waals surface area contributed by atoms with Crippen molar-refractivity contribution < 1.29 is 19.7 Å². The van der Waals surface area contributed by atoms with Gasteiger partial charge >= 0.3 is 5.97 Å². The zero-order chi connectivity index (χ0) is 22.2. The van der Waals surface area contributed by atoms with Gasteiger partial charge in [0.1, 0.15) is 5.75 Å². The Labute approximate surface area is 174 Å². The van der Waals surface area contributed by atoms with Crippen molar-refractivity contribution in [3.63, 3.8) is 0 Å². The number of aliphatic carboxylic acids is 1. The SMILES string of the molecule is COc1cc(C#N)ccc1C1c2c(O)ncc(C)c2NC(C)(C(C)C#N)C1C(=O)O. The molecule has 154 valence electrons. The summed E-state index contributed by atoms with van der Waals surface area (Å²) in [4.78, 5) is 16.6. The molecule has 0 amide bonds. The number of nitriles is 2. The van der Waals surface area contributed by atoms with Crippen LogP contribution in [0.2, 0.25) is 0 Å². The highest BCUT2D eigenvalue weighted by atomic mass is 16.5. The van der Waals surface area contributed by atoms with Crippen LogP contribution in [0.25, 0.3) is 0 Å². The Hall–Kier alpha value is -3.78. The number of carboxylic acids is 1. The van der Waals surface area contributed by atoms with Crippen molar-refractivity contribution in [1.29, 1.82) is 10.5 Å². The van der Waals surface area contributed by atoms with E-state index in [2.05, 4.69) is 16.4 Å². The summed E-state index contributed by atoms with van der Waals surface area (Å²) in [6.45, 7) is 5.16. The van der Waals surface area contributed by atoms with Crippen LogP contribution in [-0.2, 0) is 4.79 Å². The molecule has 0 spiro atoms. The van der Waals surface area contributed by atoms with Crippen molar-refractivity contribution in [1.82, 2.24) is 4.98 Å². The van der Waals surface area contributed by atoms with Gasteiger partial charge in [-0.1, -0.05) is 6.07 Å². The summed E-state index contributed by atoms with van der Waals surface area (Å²) in [6.07, 6.45) is 1.49. The summed E-state index contributed by atoms with van der Waals surface area (Å²) in [5, 5.41) is 43.0. The highest BCUT2D eigenvalue weighted by molar-refractivity contribution is 5.81. The van der Waals surface area contributed by atoms with Crippen molar-refractivity contribution in [3.8, 4) is 23.8 Å². The van der Waals surface area contributed by atoms with Crippen LogP contribution in [0, 0.1) is 41.4 Å². The first kappa shape index (κ1) is 20.9. The van der Waals surface area contributed by atoms with E-state index >= 15 is 0 Å². The number of carboxylic acid groups (broad SMARTS) is 1. The maximum absolute atomic E-state index is 12.6. The monoisotopic (exact) mass is 406 g/mol. The Morgan fingerprint density at radius 2 is 2.10 bits per heavy atom. The number of benzene rings is 1. The van der Waals surface area contributed by atoms with Crippen molar-refractivity contribution in [2.24, 2.45) is 11.8 Å². The smallest absolute Gasteiger partial charge is 0.309 e. The van der Waals surface area contributed by atoms with Gasteiger partial charge in [0.05, 0.1) is 42.2 Å². The molecule has 1 aromatic carbocycles. The average molecular weight is 406 g/mol. The minimum absolute atomic E-state index is 0.294. The molecule has 4 atom stereocenters. The number of hydrogen-bond donors (Lipinski definition) is 3. The van der Waals surface area contributed by atoms with Crippen LogP contribution >= 0.6 is 0 Å². The molecule has 3 rings (SSSR count). The number of hydrogen-bond acceptors (Lipinski definition) is 7. The molecular formula is C22H22N4O4. The molecule has 0 fully saturated rings. The first-order valence-corrected chi connectivity index (χ1v) is 9.36. The molecule has 8 nitrogen and oxygen atoms in total. The number of ether oxygens (including phenoxy) is 1. The van der Waals surface area contributed by atoms with Crippen LogP contribution in [0.1, 0.15) is 42.0 Å². The number of aromatic nitrogens is 1. The minimum Gasteiger partial charge on any atom is -0.496 e. The summed E-state index contributed by atoms with van der Waals surface area (Å²) in [5.41, 5.74) is 1.27. The molecule has 4 unspecified atom stereocenters. The van der Waals surface area contributed by atoms with Gasteiger partial charge in [-0.25, -0.2) is 4.98 Å². The molecule has 2 heterocycles. The topological polar surface area (TPSA) is 139 Å². The molecule has 30 heavy (non-hydrogen) atoms. The van der Waals surface area contributed by atoms with Gasteiger partial charge in [-0.3, -0.25) is 4.79 Å². The van der Waals surface area contributed by atoms with Crippen LogP contribution in [0.5, 0.6) is 11.6 Å². The Morgan fingerprint density at radius 3 is 2.67 bits per heavy atom. The zero-order valence-corrected chi connectivity index (χ0v) is 17.1. The van der Waals surface area contributed by atoms with E-state index in [0.29, 0.717) is 33.7 Å². The molecular weight excluding hydrogens is 384 g/mol. The van der Waals surface area contributed by atoms with Gasteiger partial charge in [-0.2, -0.15) is 10.5 Å². The lowest BCUT2D eigenvalue weighted by Crippen LogP contribution is -2.56. The second kappa shape index (κ2) is 7.57. The third kappa shape index (κ3) is 3.07. The number of carbonyl (C=O) groups is 1. The number of aryl methyl sites for hydroxylation is 1. The van der Waals surface area contributed by atoms with E-state index in [-0.39, 0.29) is 5.88 Å². The summed E-state index contributed by atoms with van der Waals surface area (Å²) in [6, 6.07) is 8.93. The van der Waals surface area contributed by atoms with Gasteiger partial charge in [0.15, 0.2) is 0 Å². The summed E-state index contributed by atoms with van der Waals surface area (Å²) in [5.74, 6) is -3.77. The first-order chi connectivity index (χ1) is 14.2. The quantitative estimate of drug-likeness (QED) is 0.703. The predicted octanol–water partition coefficient (Wildman–Crippen LogP) is 3.15. The number of methoxy groups -OCH3 is 1.